The Balaban J connectivity index is 1.84. The first-order valence-corrected chi connectivity index (χ1v) is 9.20. The minimum absolute atomic E-state index is 0.0350. The molecule has 1 amide bonds. The van der Waals surface area contributed by atoms with Gasteiger partial charge in [-0.1, -0.05) is 18.6 Å². The molecular weight excluding hydrogens is 408 g/mol. The van der Waals surface area contributed by atoms with Crippen LogP contribution >= 0.6 is 0 Å². The van der Waals surface area contributed by atoms with Gasteiger partial charge in [0.05, 0.1) is 33.2 Å². The number of ether oxygens (including phenoxy) is 3. The molecule has 3 rings (SSSR count). The van der Waals surface area contributed by atoms with Crippen molar-refractivity contribution in [1.29, 1.82) is 0 Å². The average Bonchev–Trinajstić information content (AvgIpc) is 3.39. The standard InChI is InChI=1S/C18H22N8O5/c1-5-6-11-15(21-25-26(11)17-16(19)23-31-24-17)18(27)22-20-9-10-7-13(29-3)14(30-4)8-12(10)28-2/h7-9H,5-6H2,1-4H3,(H2,19,23)(H,22,27)/b20-9+. The second-order valence-corrected chi connectivity index (χ2v) is 6.17. The van der Waals surface area contributed by atoms with Crippen molar-refractivity contribution in [3.63, 3.8) is 0 Å². The Bertz CT molecular complexity index is 1090. The monoisotopic (exact) mass is 430 g/mol. The zero-order valence-corrected chi connectivity index (χ0v) is 17.4. The summed E-state index contributed by atoms with van der Waals surface area (Å²) < 4.78 is 21.8. The summed E-state index contributed by atoms with van der Waals surface area (Å²) in [4.78, 5) is 12.7. The summed E-state index contributed by atoms with van der Waals surface area (Å²) >= 11 is 0. The fourth-order valence-corrected chi connectivity index (χ4v) is 2.81. The maximum absolute atomic E-state index is 12.7. The molecule has 0 atom stereocenters. The Morgan fingerprint density at radius 3 is 2.52 bits per heavy atom. The number of nitrogens with zero attached hydrogens (tertiary/aromatic N) is 6. The molecule has 0 spiro atoms. The largest absolute Gasteiger partial charge is 0.496 e. The second-order valence-electron chi connectivity index (χ2n) is 6.17. The van der Waals surface area contributed by atoms with Gasteiger partial charge < -0.3 is 19.9 Å². The molecule has 164 valence electrons. The number of nitrogens with one attached hydrogen (secondary N) is 1. The van der Waals surface area contributed by atoms with Gasteiger partial charge in [-0.15, -0.1) is 5.10 Å². The summed E-state index contributed by atoms with van der Waals surface area (Å²) in [5, 5.41) is 19.1. The molecule has 13 heteroatoms. The smallest absolute Gasteiger partial charge is 0.293 e. The third kappa shape index (κ3) is 4.39. The van der Waals surface area contributed by atoms with Crippen molar-refractivity contribution in [1.82, 2.24) is 30.7 Å². The van der Waals surface area contributed by atoms with E-state index in [0.29, 0.717) is 34.9 Å². The van der Waals surface area contributed by atoms with Crippen LogP contribution in [0.15, 0.2) is 21.9 Å². The van der Waals surface area contributed by atoms with Gasteiger partial charge in [0.15, 0.2) is 17.2 Å². The van der Waals surface area contributed by atoms with Gasteiger partial charge in [0.1, 0.15) is 5.75 Å². The lowest BCUT2D eigenvalue weighted by Crippen LogP contribution is -2.20. The van der Waals surface area contributed by atoms with E-state index in [-0.39, 0.29) is 17.3 Å². The molecule has 0 fully saturated rings. The van der Waals surface area contributed by atoms with E-state index in [1.54, 1.807) is 12.1 Å². The quantitative estimate of drug-likeness (QED) is 0.369. The predicted octanol–water partition coefficient (Wildman–Crippen LogP) is 0.975. The number of carbonyl (C=O) groups excluding carboxylic acids is 1. The number of amides is 1. The third-order valence-corrected chi connectivity index (χ3v) is 4.27. The first-order valence-electron chi connectivity index (χ1n) is 9.20. The highest BCUT2D eigenvalue weighted by molar-refractivity contribution is 5.94. The van der Waals surface area contributed by atoms with Crippen LogP contribution in [0.25, 0.3) is 5.82 Å². The molecule has 0 aliphatic carbocycles. The van der Waals surface area contributed by atoms with Crippen molar-refractivity contribution in [3.05, 3.63) is 29.1 Å². The number of hydrazone groups is 1. The Hall–Kier alpha value is -4.16. The predicted molar refractivity (Wildman–Crippen MR) is 109 cm³/mol. The summed E-state index contributed by atoms with van der Waals surface area (Å²) in [7, 11) is 4.55. The number of rotatable bonds is 9. The molecule has 0 bridgehead atoms. The maximum atomic E-state index is 12.7. The van der Waals surface area contributed by atoms with Crippen molar-refractivity contribution < 1.29 is 23.6 Å². The summed E-state index contributed by atoms with van der Waals surface area (Å²) in [6.45, 7) is 1.95. The molecule has 0 aliphatic rings. The number of anilines is 1. The Morgan fingerprint density at radius 1 is 1.19 bits per heavy atom. The van der Waals surface area contributed by atoms with Gasteiger partial charge in [-0.25, -0.2) is 10.1 Å². The van der Waals surface area contributed by atoms with E-state index in [1.807, 2.05) is 6.92 Å². The molecular formula is C18H22N8O5. The zero-order valence-electron chi connectivity index (χ0n) is 17.4. The van der Waals surface area contributed by atoms with Crippen LogP contribution in [0.2, 0.25) is 0 Å². The first-order chi connectivity index (χ1) is 15.0. The van der Waals surface area contributed by atoms with Gasteiger partial charge >= 0.3 is 0 Å². The van der Waals surface area contributed by atoms with Crippen molar-refractivity contribution in [2.45, 2.75) is 19.8 Å². The molecule has 13 nitrogen and oxygen atoms in total. The molecule has 0 aliphatic heterocycles. The topological polar surface area (TPSA) is 165 Å². The van der Waals surface area contributed by atoms with E-state index >= 15 is 0 Å². The number of hydrogen-bond donors (Lipinski definition) is 2. The molecule has 0 saturated heterocycles. The van der Waals surface area contributed by atoms with Gasteiger partial charge in [-0.2, -0.15) is 9.78 Å². The highest BCUT2D eigenvalue weighted by Crippen LogP contribution is 2.33. The van der Waals surface area contributed by atoms with Crippen LogP contribution in [-0.2, 0) is 6.42 Å². The van der Waals surface area contributed by atoms with Gasteiger partial charge in [0.25, 0.3) is 5.91 Å². The fourth-order valence-electron chi connectivity index (χ4n) is 2.81. The molecule has 2 aromatic heterocycles. The molecule has 31 heavy (non-hydrogen) atoms. The molecule has 1 aromatic carbocycles. The van der Waals surface area contributed by atoms with Gasteiger partial charge in [0.2, 0.25) is 11.6 Å². The van der Waals surface area contributed by atoms with Crippen LogP contribution in [0.4, 0.5) is 5.82 Å². The number of methoxy groups -OCH3 is 3. The SMILES string of the molecule is CCCc1c(C(=O)N/N=C/c2cc(OC)c(OC)cc2OC)nnn1-c1nonc1N. The van der Waals surface area contributed by atoms with Gasteiger partial charge in [-0.3, -0.25) is 4.79 Å². The highest BCUT2D eigenvalue weighted by Gasteiger charge is 2.23. The average molecular weight is 430 g/mol. The molecule has 3 aromatic rings. The molecule has 0 radical (unpaired) electrons. The van der Waals surface area contributed by atoms with E-state index in [9.17, 15) is 4.79 Å². The maximum Gasteiger partial charge on any atom is 0.293 e. The Kier molecular flexibility index (Phi) is 6.64. The number of carbonyl (C=O) groups is 1. The molecule has 3 N–H and O–H groups in total. The van der Waals surface area contributed by atoms with Crippen molar-refractivity contribution >= 4 is 17.9 Å². The van der Waals surface area contributed by atoms with Crippen LogP contribution in [0, 0.1) is 0 Å². The summed E-state index contributed by atoms with van der Waals surface area (Å²) in [5.74, 6) is 1.12. The highest BCUT2D eigenvalue weighted by atomic mass is 16.6. The minimum atomic E-state index is -0.555. The van der Waals surface area contributed by atoms with E-state index in [4.69, 9.17) is 19.9 Å². The van der Waals surface area contributed by atoms with Crippen molar-refractivity contribution in [2.24, 2.45) is 5.10 Å². The zero-order chi connectivity index (χ0) is 22.4. The number of nitrogen functional groups attached to an aromatic ring is 1. The van der Waals surface area contributed by atoms with Crippen LogP contribution in [-0.4, -0.2) is 58.8 Å². The molecule has 0 saturated carbocycles. The first kappa shape index (κ1) is 21.5. The summed E-state index contributed by atoms with van der Waals surface area (Å²) in [6.07, 6.45) is 2.64. The lowest BCUT2D eigenvalue weighted by Gasteiger charge is -2.11. The lowest BCUT2D eigenvalue weighted by molar-refractivity contribution is 0.0949. The Labute approximate surface area is 177 Å². The van der Waals surface area contributed by atoms with Crippen LogP contribution < -0.4 is 25.4 Å². The minimum Gasteiger partial charge on any atom is -0.496 e. The Morgan fingerprint density at radius 2 is 1.90 bits per heavy atom. The van der Waals surface area contributed by atoms with Gasteiger partial charge in [0, 0.05) is 11.6 Å². The van der Waals surface area contributed by atoms with Gasteiger partial charge in [-0.05, 0) is 22.8 Å². The number of aromatic nitrogens is 5. The number of benzene rings is 1. The molecule has 2 heterocycles. The number of hydrogen-bond acceptors (Lipinski definition) is 11. The summed E-state index contributed by atoms with van der Waals surface area (Å²) in [6, 6.07) is 3.33. The summed E-state index contributed by atoms with van der Waals surface area (Å²) in [5.41, 5.74) is 9.32. The van der Waals surface area contributed by atoms with E-state index in [2.05, 4.69) is 35.8 Å². The third-order valence-electron chi connectivity index (χ3n) is 4.27. The number of nitrogens with two attached hydrogens (primary N) is 1. The molecule has 0 unspecified atom stereocenters. The fraction of sp³-hybridized carbons (Fsp3) is 0.333. The second kappa shape index (κ2) is 9.56. The van der Waals surface area contributed by atoms with Crippen LogP contribution in [0.5, 0.6) is 17.2 Å². The van der Waals surface area contributed by atoms with Crippen LogP contribution in [0.1, 0.15) is 35.1 Å². The van der Waals surface area contributed by atoms with E-state index < -0.39 is 5.91 Å². The van der Waals surface area contributed by atoms with Crippen molar-refractivity contribution in [2.75, 3.05) is 27.1 Å². The van der Waals surface area contributed by atoms with E-state index in [1.165, 1.54) is 32.2 Å². The normalized spacial score (nSPS) is 11.0. The van der Waals surface area contributed by atoms with E-state index in [0.717, 1.165) is 6.42 Å². The lowest BCUT2D eigenvalue weighted by atomic mass is 10.2. The van der Waals surface area contributed by atoms with Crippen LogP contribution in [0.3, 0.4) is 0 Å². The van der Waals surface area contributed by atoms with Crippen molar-refractivity contribution in [3.8, 4) is 23.1 Å².